The molecule has 1 heterocycles. The molecule has 2 aromatic carbocycles. The molecule has 0 radical (unpaired) electrons. The summed E-state index contributed by atoms with van der Waals surface area (Å²) in [5.41, 5.74) is 2.12. The third-order valence-electron chi connectivity index (χ3n) is 3.95. The van der Waals surface area contributed by atoms with Gasteiger partial charge in [0.2, 0.25) is 0 Å². The number of rotatable bonds is 7. The lowest BCUT2D eigenvalue weighted by atomic mass is 10.1. The van der Waals surface area contributed by atoms with Gasteiger partial charge in [0.1, 0.15) is 11.6 Å². The van der Waals surface area contributed by atoms with Crippen LogP contribution in [0.4, 0.5) is 4.39 Å². The van der Waals surface area contributed by atoms with E-state index in [4.69, 9.17) is 4.74 Å². The largest absolute Gasteiger partial charge is 0.480 e. The van der Waals surface area contributed by atoms with Gasteiger partial charge in [0.15, 0.2) is 6.10 Å². The third kappa shape index (κ3) is 5.40. The van der Waals surface area contributed by atoms with Crippen molar-refractivity contribution in [1.82, 2.24) is 14.9 Å². The number of imidazole rings is 1. The molecule has 0 aliphatic heterocycles. The smallest absolute Gasteiger partial charge is 0.261 e. The lowest BCUT2D eigenvalue weighted by Gasteiger charge is -2.16. The van der Waals surface area contributed by atoms with Crippen molar-refractivity contribution in [3.63, 3.8) is 0 Å². The molecule has 0 unspecified atom stereocenters. The number of aromatic nitrogens is 2. The first-order valence-electron chi connectivity index (χ1n) is 8.44. The van der Waals surface area contributed by atoms with Crippen LogP contribution in [0, 0.1) is 5.82 Å². The molecule has 0 aliphatic carbocycles. The van der Waals surface area contributed by atoms with E-state index in [2.05, 4.69) is 26.2 Å². The quantitative estimate of drug-likeness (QED) is 0.616. The average Bonchev–Trinajstić information content (AvgIpc) is 3.15. The summed E-state index contributed by atoms with van der Waals surface area (Å²) in [4.78, 5) is 16.3. The maximum Gasteiger partial charge on any atom is 0.261 e. The maximum atomic E-state index is 13.1. The van der Waals surface area contributed by atoms with Crippen molar-refractivity contribution in [2.75, 3.05) is 0 Å². The van der Waals surface area contributed by atoms with E-state index in [1.807, 2.05) is 35.0 Å². The molecule has 1 atom stereocenters. The third-order valence-corrected chi connectivity index (χ3v) is 4.57. The first-order valence-corrected chi connectivity index (χ1v) is 9.23. The predicted octanol–water partition coefficient (Wildman–Crippen LogP) is 3.92. The number of amides is 1. The lowest BCUT2D eigenvalue weighted by molar-refractivity contribution is -0.127. The predicted molar refractivity (Wildman–Crippen MR) is 104 cm³/mol. The second-order valence-electron chi connectivity index (χ2n) is 6.11. The Bertz CT molecular complexity index is 915. The minimum atomic E-state index is -0.708. The van der Waals surface area contributed by atoms with Gasteiger partial charge >= 0.3 is 0 Å². The molecule has 0 aliphatic rings. The molecular formula is C20H19BrFN3O2. The summed E-state index contributed by atoms with van der Waals surface area (Å²) < 4.78 is 21.2. The van der Waals surface area contributed by atoms with Crippen molar-refractivity contribution in [3.8, 4) is 5.75 Å². The molecule has 7 heteroatoms. The molecule has 0 bridgehead atoms. The lowest BCUT2D eigenvalue weighted by Crippen LogP contribution is -2.36. The summed E-state index contributed by atoms with van der Waals surface area (Å²) >= 11 is 3.23. The number of carbonyl (C=O) groups excluding carboxylic acids is 1. The Kier molecular flexibility index (Phi) is 6.24. The van der Waals surface area contributed by atoms with Crippen molar-refractivity contribution in [2.24, 2.45) is 0 Å². The fourth-order valence-electron chi connectivity index (χ4n) is 2.58. The number of ether oxygens (including phenoxy) is 1. The summed E-state index contributed by atoms with van der Waals surface area (Å²) in [6, 6.07) is 12.1. The van der Waals surface area contributed by atoms with Crippen molar-refractivity contribution in [2.45, 2.75) is 26.1 Å². The second-order valence-corrected chi connectivity index (χ2v) is 6.96. The number of nitrogens with one attached hydrogen (secondary N) is 1. The van der Waals surface area contributed by atoms with E-state index < -0.39 is 6.10 Å². The Labute approximate surface area is 165 Å². The van der Waals surface area contributed by atoms with Crippen LogP contribution >= 0.6 is 15.9 Å². The number of nitrogens with zero attached hydrogens (tertiary/aromatic N) is 2. The highest BCUT2D eigenvalue weighted by molar-refractivity contribution is 9.10. The van der Waals surface area contributed by atoms with Gasteiger partial charge in [-0.3, -0.25) is 4.79 Å². The zero-order valence-electron chi connectivity index (χ0n) is 14.7. The van der Waals surface area contributed by atoms with E-state index in [0.29, 0.717) is 16.8 Å². The van der Waals surface area contributed by atoms with Crippen molar-refractivity contribution in [3.05, 3.63) is 82.6 Å². The van der Waals surface area contributed by atoms with Crippen molar-refractivity contribution < 1.29 is 13.9 Å². The molecule has 3 aromatic rings. The number of hydrogen-bond donors (Lipinski definition) is 1. The van der Waals surface area contributed by atoms with Crippen LogP contribution < -0.4 is 10.1 Å². The van der Waals surface area contributed by atoms with Gasteiger partial charge in [-0.2, -0.15) is 0 Å². The molecule has 3 rings (SSSR count). The topological polar surface area (TPSA) is 56.1 Å². The average molecular weight is 432 g/mol. The molecular weight excluding hydrogens is 413 g/mol. The van der Waals surface area contributed by atoms with E-state index >= 15 is 0 Å². The second kappa shape index (κ2) is 8.81. The van der Waals surface area contributed by atoms with Crippen LogP contribution in [0.25, 0.3) is 0 Å². The van der Waals surface area contributed by atoms with Gasteiger partial charge in [0.05, 0.1) is 10.8 Å². The van der Waals surface area contributed by atoms with Crippen LogP contribution in [0.3, 0.4) is 0 Å². The van der Waals surface area contributed by atoms with E-state index in [0.717, 1.165) is 17.7 Å². The van der Waals surface area contributed by atoms with Crippen LogP contribution in [0.2, 0.25) is 0 Å². The van der Waals surface area contributed by atoms with Gasteiger partial charge in [0.25, 0.3) is 5.91 Å². The Balaban J connectivity index is 1.55. The Morgan fingerprint density at radius 1 is 1.30 bits per heavy atom. The van der Waals surface area contributed by atoms with Gasteiger partial charge in [0, 0.05) is 25.5 Å². The summed E-state index contributed by atoms with van der Waals surface area (Å²) in [6.07, 6.45) is 4.70. The monoisotopic (exact) mass is 431 g/mol. The minimum Gasteiger partial charge on any atom is -0.480 e. The molecule has 0 saturated carbocycles. The number of carbonyl (C=O) groups is 1. The van der Waals surface area contributed by atoms with E-state index in [9.17, 15) is 9.18 Å². The normalized spacial score (nSPS) is 11.8. The van der Waals surface area contributed by atoms with E-state index in [1.165, 1.54) is 18.2 Å². The van der Waals surface area contributed by atoms with E-state index in [1.54, 1.807) is 19.4 Å². The maximum absolute atomic E-state index is 13.1. The SMILES string of the molecule is C[C@H](Oc1ccc(F)cc1Br)C(=O)NCc1cccc(Cn2ccnc2)c1. The Morgan fingerprint density at radius 2 is 2.11 bits per heavy atom. The number of benzene rings is 2. The number of halogens is 2. The first kappa shape index (κ1) is 19.1. The zero-order valence-corrected chi connectivity index (χ0v) is 16.3. The van der Waals surface area contributed by atoms with Crippen LogP contribution in [-0.2, 0) is 17.9 Å². The van der Waals surface area contributed by atoms with Crippen molar-refractivity contribution in [1.29, 1.82) is 0 Å². The first-order chi connectivity index (χ1) is 13.0. The summed E-state index contributed by atoms with van der Waals surface area (Å²) in [7, 11) is 0. The Morgan fingerprint density at radius 3 is 2.85 bits per heavy atom. The number of hydrogen-bond acceptors (Lipinski definition) is 3. The van der Waals surface area contributed by atoms with Crippen LogP contribution in [0.15, 0.2) is 65.7 Å². The van der Waals surface area contributed by atoms with Crippen LogP contribution in [0.1, 0.15) is 18.1 Å². The molecule has 1 aromatic heterocycles. The summed E-state index contributed by atoms with van der Waals surface area (Å²) in [5.74, 6) is -0.200. The van der Waals surface area contributed by atoms with Gasteiger partial charge in [-0.15, -0.1) is 0 Å². The van der Waals surface area contributed by atoms with Gasteiger partial charge < -0.3 is 14.6 Å². The fraction of sp³-hybridized carbons (Fsp3) is 0.200. The Hall–Kier alpha value is -2.67. The summed E-state index contributed by atoms with van der Waals surface area (Å²) in [5, 5.41) is 2.86. The van der Waals surface area contributed by atoms with Gasteiger partial charge in [-0.05, 0) is 52.2 Å². The molecule has 5 nitrogen and oxygen atoms in total. The van der Waals surface area contributed by atoms with E-state index in [-0.39, 0.29) is 11.7 Å². The molecule has 27 heavy (non-hydrogen) atoms. The summed E-state index contributed by atoms with van der Waals surface area (Å²) in [6.45, 7) is 2.77. The van der Waals surface area contributed by atoms with Crippen molar-refractivity contribution >= 4 is 21.8 Å². The zero-order chi connectivity index (χ0) is 19.2. The molecule has 0 fully saturated rings. The molecule has 140 valence electrons. The molecule has 0 spiro atoms. The minimum absolute atomic E-state index is 0.244. The van der Waals surface area contributed by atoms with Gasteiger partial charge in [-0.1, -0.05) is 24.3 Å². The van der Waals surface area contributed by atoms with Crippen LogP contribution in [0.5, 0.6) is 5.75 Å². The van der Waals surface area contributed by atoms with Crippen LogP contribution in [-0.4, -0.2) is 21.6 Å². The highest BCUT2D eigenvalue weighted by Crippen LogP contribution is 2.26. The highest BCUT2D eigenvalue weighted by atomic mass is 79.9. The molecule has 1 N–H and O–H groups in total. The van der Waals surface area contributed by atoms with Gasteiger partial charge in [-0.25, -0.2) is 9.37 Å². The molecule has 1 amide bonds. The molecule has 0 saturated heterocycles. The highest BCUT2D eigenvalue weighted by Gasteiger charge is 2.16. The fourth-order valence-corrected chi connectivity index (χ4v) is 3.02. The standard InChI is InChI=1S/C20H19BrFN3O2/c1-14(27-19-6-5-17(22)10-18(19)21)20(26)24-11-15-3-2-4-16(9-15)12-25-8-7-23-13-25/h2-10,13-14H,11-12H2,1H3,(H,24,26)/t14-/m0/s1.